The van der Waals surface area contributed by atoms with Crippen LogP contribution in [0.3, 0.4) is 0 Å². The fourth-order valence-electron chi connectivity index (χ4n) is 2.64. The fourth-order valence-corrected chi connectivity index (χ4v) is 3.56. The van der Waals surface area contributed by atoms with Crippen molar-refractivity contribution < 1.29 is 17.3 Å². The molecule has 1 N–H and O–H groups in total. The molecule has 0 saturated carbocycles. The van der Waals surface area contributed by atoms with Crippen molar-refractivity contribution in [3.8, 4) is 5.75 Å². The molecule has 2 atom stereocenters. The summed E-state index contributed by atoms with van der Waals surface area (Å²) < 4.78 is 35.9. The molecule has 3 rings (SSSR count). The highest BCUT2D eigenvalue weighted by atomic mass is 32.2. The average Bonchev–Trinajstić information content (AvgIpc) is 2.55. The van der Waals surface area contributed by atoms with Crippen LogP contribution in [0.2, 0.25) is 0 Å². The van der Waals surface area contributed by atoms with Crippen molar-refractivity contribution in [3.05, 3.63) is 59.7 Å². The summed E-state index contributed by atoms with van der Waals surface area (Å²) in [4.78, 5) is 0.141. The van der Waals surface area contributed by atoms with Gasteiger partial charge in [0.2, 0.25) is 0 Å². The van der Waals surface area contributed by atoms with Gasteiger partial charge in [-0.1, -0.05) is 29.8 Å². The molecule has 1 aliphatic rings. The van der Waals surface area contributed by atoms with Crippen LogP contribution in [0, 0.1) is 6.92 Å². The van der Waals surface area contributed by atoms with Gasteiger partial charge in [-0.3, -0.25) is 0 Å². The van der Waals surface area contributed by atoms with Crippen LogP contribution in [0.15, 0.2) is 53.4 Å². The van der Waals surface area contributed by atoms with Gasteiger partial charge in [0.25, 0.3) is 0 Å². The van der Waals surface area contributed by atoms with E-state index in [9.17, 15) is 8.42 Å². The molecule has 2 unspecified atom stereocenters. The number of hydrogen-bond donors (Lipinski definition) is 1. The van der Waals surface area contributed by atoms with E-state index in [0.29, 0.717) is 6.54 Å². The fraction of sp³-hybridized carbons (Fsp3) is 0.333. The van der Waals surface area contributed by atoms with Crippen molar-refractivity contribution in [2.75, 3.05) is 13.1 Å². The first kappa shape index (κ1) is 17.0. The predicted octanol–water partition coefficient (Wildman–Crippen LogP) is 2.81. The zero-order valence-electron chi connectivity index (χ0n) is 13.7. The standard InChI is InChI=1S/C18H21NO4S/c1-13-6-8-17(9-7-13)24(20,21)23-16-5-3-4-15(10-16)18-12-19-11-14(2)22-18/h3-10,14,18-19H,11-12H2,1-2H3. The van der Waals surface area contributed by atoms with Crippen LogP contribution in [0.4, 0.5) is 0 Å². The molecule has 0 aliphatic carbocycles. The summed E-state index contributed by atoms with van der Waals surface area (Å²) in [5, 5.41) is 3.30. The van der Waals surface area contributed by atoms with Gasteiger partial charge in [0, 0.05) is 13.1 Å². The number of rotatable bonds is 4. The van der Waals surface area contributed by atoms with E-state index in [2.05, 4.69) is 5.32 Å². The van der Waals surface area contributed by atoms with Gasteiger partial charge in [-0.05, 0) is 43.7 Å². The Kier molecular flexibility index (Phi) is 4.89. The summed E-state index contributed by atoms with van der Waals surface area (Å²) in [5.41, 5.74) is 1.89. The topological polar surface area (TPSA) is 64.6 Å². The Labute approximate surface area is 142 Å². The lowest BCUT2D eigenvalue weighted by molar-refractivity contribution is -0.0287. The summed E-state index contributed by atoms with van der Waals surface area (Å²) in [6.07, 6.45) is 0.00370. The highest BCUT2D eigenvalue weighted by Crippen LogP contribution is 2.26. The van der Waals surface area contributed by atoms with E-state index >= 15 is 0 Å². The Balaban J connectivity index is 1.80. The molecule has 1 fully saturated rings. The summed E-state index contributed by atoms with van der Waals surface area (Å²) in [6, 6.07) is 13.6. The Hall–Kier alpha value is -1.89. The third kappa shape index (κ3) is 3.95. The van der Waals surface area contributed by atoms with Crippen LogP contribution in [-0.4, -0.2) is 27.6 Å². The Morgan fingerprint density at radius 1 is 1.12 bits per heavy atom. The van der Waals surface area contributed by atoms with E-state index in [4.69, 9.17) is 8.92 Å². The second-order valence-corrected chi connectivity index (χ2v) is 7.56. The largest absolute Gasteiger partial charge is 0.379 e. The SMILES string of the molecule is Cc1ccc(S(=O)(=O)Oc2cccc(C3CNCC(C)O3)c2)cc1. The zero-order valence-corrected chi connectivity index (χ0v) is 14.5. The maximum absolute atomic E-state index is 12.4. The number of aryl methyl sites for hydroxylation is 1. The smallest absolute Gasteiger partial charge is 0.339 e. The van der Waals surface area contributed by atoms with Gasteiger partial charge in [0.15, 0.2) is 0 Å². The molecule has 0 bridgehead atoms. The van der Waals surface area contributed by atoms with E-state index in [1.807, 2.05) is 19.9 Å². The minimum absolute atomic E-state index is 0.112. The lowest BCUT2D eigenvalue weighted by atomic mass is 10.1. The van der Waals surface area contributed by atoms with Crippen LogP contribution < -0.4 is 9.50 Å². The van der Waals surface area contributed by atoms with E-state index in [1.54, 1.807) is 42.5 Å². The predicted molar refractivity (Wildman–Crippen MR) is 91.6 cm³/mol. The number of ether oxygens (including phenoxy) is 1. The molecule has 5 nitrogen and oxygen atoms in total. The average molecular weight is 347 g/mol. The third-order valence-corrected chi connectivity index (χ3v) is 5.16. The van der Waals surface area contributed by atoms with Crippen LogP contribution in [-0.2, 0) is 14.9 Å². The molecule has 128 valence electrons. The number of benzene rings is 2. The summed E-state index contributed by atoms with van der Waals surface area (Å²) >= 11 is 0. The molecule has 2 aromatic rings. The van der Waals surface area contributed by atoms with Crippen molar-refractivity contribution in [2.24, 2.45) is 0 Å². The first-order chi connectivity index (χ1) is 11.4. The van der Waals surface area contributed by atoms with Crippen LogP contribution in [0.5, 0.6) is 5.75 Å². The van der Waals surface area contributed by atoms with Gasteiger partial charge < -0.3 is 14.2 Å². The Morgan fingerprint density at radius 2 is 1.88 bits per heavy atom. The summed E-state index contributed by atoms with van der Waals surface area (Å²) in [7, 11) is -3.84. The molecule has 2 aromatic carbocycles. The summed E-state index contributed by atoms with van der Waals surface area (Å²) in [6.45, 7) is 5.41. The molecule has 0 aromatic heterocycles. The molecule has 24 heavy (non-hydrogen) atoms. The number of hydrogen-bond acceptors (Lipinski definition) is 5. The second-order valence-electron chi connectivity index (χ2n) is 6.02. The molecule has 0 radical (unpaired) electrons. The van der Waals surface area contributed by atoms with Gasteiger partial charge in [-0.2, -0.15) is 8.42 Å². The lowest BCUT2D eigenvalue weighted by Crippen LogP contribution is -2.38. The first-order valence-corrected chi connectivity index (χ1v) is 9.32. The quantitative estimate of drug-likeness (QED) is 0.862. The Morgan fingerprint density at radius 3 is 2.58 bits per heavy atom. The highest BCUT2D eigenvalue weighted by molar-refractivity contribution is 7.87. The van der Waals surface area contributed by atoms with Crippen molar-refractivity contribution in [3.63, 3.8) is 0 Å². The maximum atomic E-state index is 12.4. The third-order valence-electron chi connectivity index (χ3n) is 3.90. The van der Waals surface area contributed by atoms with E-state index in [-0.39, 0.29) is 22.9 Å². The van der Waals surface area contributed by atoms with Gasteiger partial charge in [-0.15, -0.1) is 0 Å². The number of nitrogens with one attached hydrogen (secondary N) is 1. The molecular formula is C18H21NO4S. The van der Waals surface area contributed by atoms with Gasteiger partial charge >= 0.3 is 10.1 Å². The molecular weight excluding hydrogens is 326 g/mol. The van der Waals surface area contributed by atoms with Crippen molar-refractivity contribution in [1.82, 2.24) is 5.32 Å². The molecule has 1 heterocycles. The number of morpholine rings is 1. The molecule has 6 heteroatoms. The normalized spacial score (nSPS) is 21.4. The Bertz CT molecular complexity index is 802. The van der Waals surface area contributed by atoms with Crippen molar-refractivity contribution >= 4 is 10.1 Å². The van der Waals surface area contributed by atoms with Crippen LogP contribution in [0.25, 0.3) is 0 Å². The second kappa shape index (κ2) is 6.93. The monoisotopic (exact) mass is 347 g/mol. The minimum atomic E-state index is -3.84. The first-order valence-electron chi connectivity index (χ1n) is 7.91. The van der Waals surface area contributed by atoms with Gasteiger partial charge in [-0.25, -0.2) is 0 Å². The van der Waals surface area contributed by atoms with Crippen molar-refractivity contribution in [2.45, 2.75) is 31.0 Å². The van der Waals surface area contributed by atoms with E-state index < -0.39 is 10.1 Å². The van der Waals surface area contributed by atoms with Crippen LogP contribution >= 0.6 is 0 Å². The molecule has 0 spiro atoms. The lowest BCUT2D eigenvalue weighted by Gasteiger charge is -2.29. The minimum Gasteiger partial charge on any atom is -0.379 e. The zero-order chi connectivity index (χ0) is 17.2. The molecule has 1 aliphatic heterocycles. The van der Waals surface area contributed by atoms with Crippen molar-refractivity contribution in [1.29, 1.82) is 0 Å². The maximum Gasteiger partial charge on any atom is 0.339 e. The van der Waals surface area contributed by atoms with E-state index in [1.165, 1.54) is 0 Å². The summed E-state index contributed by atoms with van der Waals surface area (Å²) in [5.74, 6) is 0.287. The molecule has 1 saturated heterocycles. The van der Waals surface area contributed by atoms with E-state index in [0.717, 1.165) is 17.7 Å². The van der Waals surface area contributed by atoms with Crippen LogP contribution in [0.1, 0.15) is 24.2 Å². The van der Waals surface area contributed by atoms with Gasteiger partial charge in [0.1, 0.15) is 10.6 Å². The highest BCUT2D eigenvalue weighted by Gasteiger charge is 2.22. The molecule has 0 amide bonds. The van der Waals surface area contributed by atoms with Gasteiger partial charge in [0.05, 0.1) is 12.2 Å².